The van der Waals surface area contributed by atoms with Crippen molar-refractivity contribution >= 4 is 28.2 Å². The van der Waals surface area contributed by atoms with E-state index in [0.29, 0.717) is 22.2 Å². The van der Waals surface area contributed by atoms with E-state index in [-0.39, 0.29) is 0 Å². The predicted octanol–water partition coefficient (Wildman–Crippen LogP) is 4.26. The first-order chi connectivity index (χ1) is 9.22. The molecule has 0 fully saturated rings. The van der Waals surface area contributed by atoms with Crippen LogP contribution in [0.1, 0.15) is 0 Å². The molecule has 0 aliphatic rings. The summed E-state index contributed by atoms with van der Waals surface area (Å²) in [5.41, 5.74) is 7.28. The fourth-order valence-electron chi connectivity index (χ4n) is 1.85. The first-order valence-electron chi connectivity index (χ1n) is 5.80. The Bertz CT molecular complexity index is 743. The molecule has 0 aliphatic carbocycles. The Balaban J connectivity index is 1.96. The van der Waals surface area contributed by atoms with Gasteiger partial charge < -0.3 is 10.5 Å². The fraction of sp³-hybridized carbons (Fsp3) is 0. The van der Waals surface area contributed by atoms with E-state index in [1.54, 1.807) is 24.4 Å². The van der Waals surface area contributed by atoms with Gasteiger partial charge in [-0.1, -0.05) is 29.8 Å². The zero-order valence-electron chi connectivity index (χ0n) is 10.0. The van der Waals surface area contributed by atoms with Gasteiger partial charge in [0.05, 0.1) is 17.4 Å². The van der Waals surface area contributed by atoms with Crippen LogP contribution < -0.4 is 10.5 Å². The third-order valence-corrected chi connectivity index (χ3v) is 3.00. The smallest absolute Gasteiger partial charge is 0.150 e. The summed E-state index contributed by atoms with van der Waals surface area (Å²) < 4.78 is 5.73. The molecule has 3 rings (SSSR count). The van der Waals surface area contributed by atoms with Crippen LogP contribution in [0, 0.1) is 0 Å². The number of aromatic nitrogens is 1. The Hall–Kier alpha value is -2.26. The van der Waals surface area contributed by atoms with Gasteiger partial charge in [0.2, 0.25) is 0 Å². The van der Waals surface area contributed by atoms with Crippen LogP contribution in [0.4, 0.5) is 5.69 Å². The number of hydrogen-bond donors (Lipinski definition) is 1. The molecule has 0 spiro atoms. The van der Waals surface area contributed by atoms with Crippen molar-refractivity contribution in [2.24, 2.45) is 0 Å². The minimum Gasteiger partial charge on any atom is -0.454 e. The maximum atomic E-state index is 5.85. The summed E-state index contributed by atoms with van der Waals surface area (Å²) in [5, 5.41) is 1.61. The summed E-state index contributed by atoms with van der Waals surface area (Å²) in [7, 11) is 0. The zero-order valence-corrected chi connectivity index (χ0v) is 10.8. The lowest BCUT2D eigenvalue weighted by Gasteiger charge is -2.09. The normalized spacial score (nSPS) is 10.6. The summed E-state index contributed by atoms with van der Waals surface area (Å²) in [6.07, 6.45) is 1.68. The summed E-state index contributed by atoms with van der Waals surface area (Å²) in [5.74, 6) is 1.22. The van der Waals surface area contributed by atoms with Gasteiger partial charge in [0.25, 0.3) is 0 Å². The first kappa shape index (κ1) is 11.8. The number of para-hydroxylation sites is 1. The van der Waals surface area contributed by atoms with Gasteiger partial charge in [0.15, 0.2) is 0 Å². The molecule has 0 atom stereocenters. The molecule has 19 heavy (non-hydrogen) atoms. The zero-order chi connectivity index (χ0) is 13.2. The lowest BCUT2D eigenvalue weighted by molar-refractivity contribution is 0.484. The van der Waals surface area contributed by atoms with Crippen LogP contribution in [0.5, 0.6) is 11.5 Å². The van der Waals surface area contributed by atoms with Gasteiger partial charge >= 0.3 is 0 Å². The molecule has 0 radical (unpaired) electrons. The second-order valence-electron chi connectivity index (χ2n) is 4.15. The molecule has 1 heterocycles. The number of fused-ring (bicyclic) bond motifs is 1. The van der Waals surface area contributed by atoms with E-state index < -0.39 is 0 Å². The molecule has 1 aromatic heterocycles. The van der Waals surface area contributed by atoms with Crippen LogP contribution in [0.2, 0.25) is 5.02 Å². The van der Waals surface area contributed by atoms with E-state index in [1.165, 1.54) is 0 Å². The standard InChI is InChI=1S/C15H11ClN2O/c16-11-5-6-15(13(17)8-11)19-12-7-10-3-1-2-4-14(10)18-9-12/h1-9H,17H2. The quantitative estimate of drug-likeness (QED) is 0.708. The molecule has 0 saturated carbocycles. The van der Waals surface area contributed by atoms with Crippen molar-refractivity contribution in [3.63, 3.8) is 0 Å². The maximum Gasteiger partial charge on any atom is 0.150 e. The highest BCUT2D eigenvalue weighted by molar-refractivity contribution is 6.30. The molecule has 94 valence electrons. The predicted molar refractivity (Wildman–Crippen MR) is 77.7 cm³/mol. The van der Waals surface area contributed by atoms with E-state index in [1.807, 2.05) is 30.3 Å². The maximum absolute atomic E-state index is 5.85. The highest BCUT2D eigenvalue weighted by atomic mass is 35.5. The third-order valence-electron chi connectivity index (χ3n) is 2.77. The Morgan fingerprint density at radius 2 is 1.89 bits per heavy atom. The number of nitrogens with zero attached hydrogens (tertiary/aromatic N) is 1. The summed E-state index contributed by atoms with van der Waals surface area (Å²) >= 11 is 5.85. The lowest BCUT2D eigenvalue weighted by Crippen LogP contribution is -1.92. The SMILES string of the molecule is Nc1cc(Cl)ccc1Oc1cnc2ccccc2c1. The number of hydrogen-bond acceptors (Lipinski definition) is 3. The molecule has 0 amide bonds. The van der Waals surface area contributed by atoms with Crippen molar-refractivity contribution in [1.82, 2.24) is 4.98 Å². The Labute approximate surface area is 115 Å². The number of halogens is 1. The van der Waals surface area contributed by atoms with Crippen molar-refractivity contribution in [2.75, 3.05) is 5.73 Å². The average Bonchev–Trinajstić information content (AvgIpc) is 2.42. The summed E-state index contributed by atoms with van der Waals surface area (Å²) in [6, 6.07) is 14.9. The van der Waals surface area contributed by atoms with Crippen LogP contribution in [0.3, 0.4) is 0 Å². The van der Waals surface area contributed by atoms with Crippen molar-refractivity contribution in [3.05, 3.63) is 59.8 Å². The van der Waals surface area contributed by atoms with Gasteiger partial charge in [-0.25, -0.2) is 0 Å². The molecule has 2 aromatic carbocycles. The van der Waals surface area contributed by atoms with E-state index in [2.05, 4.69) is 4.98 Å². The van der Waals surface area contributed by atoms with Crippen LogP contribution in [0.25, 0.3) is 10.9 Å². The summed E-state index contributed by atoms with van der Waals surface area (Å²) in [4.78, 5) is 4.33. The van der Waals surface area contributed by atoms with Gasteiger partial charge in [-0.05, 0) is 30.3 Å². The molecule has 0 aliphatic heterocycles. The second-order valence-corrected chi connectivity index (χ2v) is 4.58. The van der Waals surface area contributed by atoms with Crippen LogP contribution in [-0.2, 0) is 0 Å². The van der Waals surface area contributed by atoms with Crippen LogP contribution in [0.15, 0.2) is 54.7 Å². The monoisotopic (exact) mass is 270 g/mol. The Morgan fingerprint density at radius 3 is 2.74 bits per heavy atom. The topological polar surface area (TPSA) is 48.1 Å². The van der Waals surface area contributed by atoms with E-state index in [4.69, 9.17) is 22.1 Å². The molecule has 0 saturated heterocycles. The number of pyridine rings is 1. The average molecular weight is 271 g/mol. The van der Waals surface area contributed by atoms with Crippen molar-refractivity contribution in [2.45, 2.75) is 0 Å². The molecular formula is C15H11ClN2O. The number of anilines is 1. The van der Waals surface area contributed by atoms with E-state index in [9.17, 15) is 0 Å². The molecule has 0 unspecified atom stereocenters. The third kappa shape index (κ3) is 2.46. The molecule has 0 bridgehead atoms. The van der Waals surface area contributed by atoms with Crippen LogP contribution in [-0.4, -0.2) is 4.98 Å². The van der Waals surface area contributed by atoms with Crippen molar-refractivity contribution in [1.29, 1.82) is 0 Å². The first-order valence-corrected chi connectivity index (χ1v) is 6.18. The number of ether oxygens (including phenoxy) is 1. The van der Waals surface area contributed by atoms with Gasteiger partial charge in [-0.15, -0.1) is 0 Å². The minimum atomic E-state index is 0.501. The number of nitrogens with two attached hydrogens (primary N) is 1. The van der Waals surface area contributed by atoms with Gasteiger partial charge in [-0.2, -0.15) is 0 Å². The Morgan fingerprint density at radius 1 is 1.05 bits per heavy atom. The van der Waals surface area contributed by atoms with E-state index in [0.717, 1.165) is 10.9 Å². The minimum absolute atomic E-state index is 0.501. The summed E-state index contributed by atoms with van der Waals surface area (Å²) in [6.45, 7) is 0. The molecule has 3 nitrogen and oxygen atoms in total. The molecule has 2 N–H and O–H groups in total. The van der Waals surface area contributed by atoms with Crippen molar-refractivity contribution in [3.8, 4) is 11.5 Å². The molecule has 4 heteroatoms. The number of nitrogen functional groups attached to an aromatic ring is 1. The van der Waals surface area contributed by atoms with Crippen molar-refractivity contribution < 1.29 is 4.74 Å². The molecule has 3 aromatic rings. The van der Waals surface area contributed by atoms with Crippen LogP contribution >= 0.6 is 11.6 Å². The van der Waals surface area contributed by atoms with Gasteiger partial charge in [-0.3, -0.25) is 4.98 Å². The Kier molecular flexibility index (Phi) is 2.97. The highest BCUT2D eigenvalue weighted by Crippen LogP contribution is 2.30. The highest BCUT2D eigenvalue weighted by Gasteiger charge is 2.04. The van der Waals surface area contributed by atoms with E-state index >= 15 is 0 Å². The number of benzene rings is 2. The fourth-order valence-corrected chi connectivity index (χ4v) is 2.03. The largest absolute Gasteiger partial charge is 0.454 e. The second kappa shape index (κ2) is 4.78. The van der Waals surface area contributed by atoms with Gasteiger partial charge in [0.1, 0.15) is 11.5 Å². The van der Waals surface area contributed by atoms with Gasteiger partial charge in [0, 0.05) is 10.4 Å². The molecular weight excluding hydrogens is 260 g/mol. The number of rotatable bonds is 2. The lowest BCUT2D eigenvalue weighted by atomic mass is 10.2.